The minimum absolute atomic E-state index is 0.0681. The first kappa shape index (κ1) is 12.8. The number of halogens is 2. The van der Waals surface area contributed by atoms with Crippen LogP contribution in [0.4, 0.5) is 0 Å². The number of fused-ring (bicyclic) bond motifs is 1. The normalized spacial score (nSPS) is 14.4. The van der Waals surface area contributed by atoms with Crippen LogP contribution >= 0.6 is 31.9 Å². The molecule has 0 N–H and O–H groups in total. The summed E-state index contributed by atoms with van der Waals surface area (Å²) in [5.74, 6) is -0.0681. The summed E-state index contributed by atoms with van der Waals surface area (Å²) in [7, 11) is 0. The van der Waals surface area contributed by atoms with E-state index in [4.69, 9.17) is 0 Å². The third kappa shape index (κ3) is 2.69. The molecule has 0 saturated heterocycles. The third-order valence-corrected chi connectivity index (χ3v) is 4.14. The van der Waals surface area contributed by atoms with E-state index in [1.165, 1.54) is 0 Å². The highest BCUT2D eigenvalue weighted by Gasteiger charge is 2.12. The Labute approximate surface area is 127 Å². The van der Waals surface area contributed by atoms with Gasteiger partial charge in [0.05, 0.1) is 11.8 Å². The van der Waals surface area contributed by atoms with Crippen molar-refractivity contribution in [1.29, 1.82) is 0 Å². The fourth-order valence-corrected chi connectivity index (χ4v) is 2.96. The van der Waals surface area contributed by atoms with Gasteiger partial charge in [-0.1, -0.05) is 44.0 Å². The lowest BCUT2D eigenvalue weighted by Gasteiger charge is -1.98. The Balaban J connectivity index is 2.16. The Hall–Kier alpha value is -1.26. The molecule has 4 heteroatoms. The van der Waals surface area contributed by atoms with Crippen LogP contribution < -0.4 is 10.6 Å². The van der Waals surface area contributed by atoms with E-state index < -0.39 is 0 Å². The Morgan fingerprint density at radius 1 is 1.16 bits per heavy atom. The fourth-order valence-electron chi connectivity index (χ4n) is 2.10. The maximum Gasteiger partial charge on any atom is 0.250 e. The van der Waals surface area contributed by atoms with E-state index in [1.54, 1.807) is 0 Å². The van der Waals surface area contributed by atoms with Gasteiger partial charge in [0.2, 0.25) is 0 Å². The zero-order valence-corrected chi connectivity index (χ0v) is 13.0. The van der Waals surface area contributed by atoms with E-state index in [2.05, 4.69) is 49.0 Å². The summed E-state index contributed by atoms with van der Waals surface area (Å²) in [6.07, 6.45) is 2.49. The second-order valence-electron chi connectivity index (χ2n) is 4.38. The summed E-state index contributed by atoms with van der Waals surface area (Å²) in [5, 5.41) is 1.84. The largest absolute Gasteiger partial charge is 0.272 e. The van der Waals surface area contributed by atoms with Crippen LogP contribution in [0.2, 0.25) is 0 Å². The van der Waals surface area contributed by atoms with Gasteiger partial charge in [-0.25, -0.2) is 4.99 Å². The molecule has 0 fully saturated rings. The molecule has 0 bridgehead atoms. The second kappa shape index (κ2) is 5.02. The molecule has 0 radical (unpaired) electrons. The number of carbonyl (C=O) groups is 1. The first-order valence-corrected chi connectivity index (χ1v) is 7.38. The van der Waals surface area contributed by atoms with Crippen molar-refractivity contribution < 1.29 is 4.79 Å². The Kier molecular flexibility index (Phi) is 3.37. The number of carbonyl (C=O) groups excluding carboxylic acids is 1. The highest BCUT2D eigenvalue weighted by atomic mass is 79.9. The van der Waals surface area contributed by atoms with Gasteiger partial charge in [-0.3, -0.25) is 4.79 Å². The summed E-state index contributed by atoms with van der Waals surface area (Å²) in [4.78, 5) is 15.3. The molecule has 3 rings (SSSR count). The lowest BCUT2D eigenvalue weighted by molar-refractivity contribution is -0.116. The van der Waals surface area contributed by atoms with Crippen molar-refractivity contribution in [3.05, 3.63) is 67.0 Å². The monoisotopic (exact) mass is 377 g/mol. The SMILES string of the molecule is O=C1Cc2cc(=Cc3cccc(Br)c3)c(Br)cc2=N1. The quantitative estimate of drug-likeness (QED) is 0.750. The van der Waals surface area contributed by atoms with Crippen LogP contribution in [0, 0.1) is 0 Å². The van der Waals surface area contributed by atoms with Crippen LogP contribution in [0.5, 0.6) is 0 Å². The van der Waals surface area contributed by atoms with Crippen LogP contribution in [-0.2, 0) is 11.2 Å². The molecule has 0 atom stereocenters. The Morgan fingerprint density at radius 3 is 2.79 bits per heavy atom. The summed E-state index contributed by atoms with van der Waals surface area (Å²) >= 11 is 6.99. The first-order chi connectivity index (χ1) is 9.11. The molecule has 0 spiro atoms. The average Bonchev–Trinajstić information content (AvgIpc) is 2.69. The summed E-state index contributed by atoms with van der Waals surface area (Å²) < 4.78 is 1.99. The maximum atomic E-state index is 11.3. The Morgan fingerprint density at radius 2 is 2.00 bits per heavy atom. The molecule has 1 amide bonds. The van der Waals surface area contributed by atoms with E-state index in [0.29, 0.717) is 6.42 Å². The van der Waals surface area contributed by atoms with Crippen molar-refractivity contribution in [1.82, 2.24) is 0 Å². The van der Waals surface area contributed by atoms with Crippen molar-refractivity contribution in [3.63, 3.8) is 0 Å². The molecule has 2 aromatic carbocycles. The second-order valence-corrected chi connectivity index (χ2v) is 6.15. The molecule has 0 aromatic heterocycles. The molecule has 19 heavy (non-hydrogen) atoms. The molecule has 0 aliphatic carbocycles. The Bertz CT molecular complexity index is 796. The summed E-state index contributed by atoms with van der Waals surface area (Å²) in [5.41, 5.74) is 2.10. The average molecular weight is 379 g/mol. The van der Waals surface area contributed by atoms with Crippen molar-refractivity contribution in [2.45, 2.75) is 6.42 Å². The predicted molar refractivity (Wildman–Crippen MR) is 81.3 cm³/mol. The summed E-state index contributed by atoms with van der Waals surface area (Å²) in [6.45, 7) is 0. The molecule has 1 aliphatic rings. The molecular weight excluding hydrogens is 370 g/mol. The molecule has 2 nitrogen and oxygen atoms in total. The van der Waals surface area contributed by atoms with Crippen LogP contribution in [-0.4, -0.2) is 5.91 Å². The number of hydrogen-bond donors (Lipinski definition) is 0. The van der Waals surface area contributed by atoms with Crippen LogP contribution in [0.3, 0.4) is 0 Å². The number of amides is 1. The van der Waals surface area contributed by atoms with Crippen LogP contribution in [0.15, 0.2) is 50.3 Å². The minimum Gasteiger partial charge on any atom is -0.272 e. The van der Waals surface area contributed by atoms with Gasteiger partial charge in [0.25, 0.3) is 5.91 Å². The van der Waals surface area contributed by atoms with Crippen molar-refractivity contribution >= 4 is 43.8 Å². The van der Waals surface area contributed by atoms with Gasteiger partial charge < -0.3 is 0 Å². The van der Waals surface area contributed by atoms with Gasteiger partial charge >= 0.3 is 0 Å². The first-order valence-electron chi connectivity index (χ1n) is 5.79. The van der Waals surface area contributed by atoms with Gasteiger partial charge in [-0.2, -0.15) is 0 Å². The number of nitrogens with zero attached hydrogens (tertiary/aromatic N) is 1. The highest BCUT2D eigenvalue weighted by molar-refractivity contribution is 9.10. The zero-order chi connectivity index (χ0) is 13.4. The fraction of sp³-hybridized carbons (Fsp3) is 0.0667. The number of benzene rings is 2. The minimum atomic E-state index is -0.0681. The van der Waals surface area contributed by atoms with Gasteiger partial charge in [0.1, 0.15) is 0 Å². The molecule has 1 aliphatic heterocycles. The number of hydrogen-bond acceptors (Lipinski definition) is 1. The van der Waals surface area contributed by atoms with Crippen LogP contribution in [0.25, 0.3) is 6.08 Å². The van der Waals surface area contributed by atoms with E-state index in [1.807, 2.05) is 30.3 Å². The van der Waals surface area contributed by atoms with Gasteiger partial charge in [-0.15, -0.1) is 0 Å². The van der Waals surface area contributed by atoms with E-state index >= 15 is 0 Å². The van der Waals surface area contributed by atoms with Gasteiger partial charge in [-0.05, 0) is 46.7 Å². The van der Waals surface area contributed by atoms with Crippen molar-refractivity contribution in [2.24, 2.45) is 4.99 Å². The van der Waals surface area contributed by atoms with E-state index in [-0.39, 0.29) is 5.91 Å². The molecule has 1 heterocycles. The molecular formula is C15H9Br2NO. The molecule has 2 aromatic rings. The molecule has 94 valence electrons. The maximum absolute atomic E-state index is 11.3. The lowest BCUT2D eigenvalue weighted by atomic mass is 10.1. The van der Waals surface area contributed by atoms with Crippen LogP contribution in [0.1, 0.15) is 11.1 Å². The van der Waals surface area contributed by atoms with E-state index in [0.717, 1.165) is 30.6 Å². The van der Waals surface area contributed by atoms with Gasteiger partial charge in [0.15, 0.2) is 0 Å². The van der Waals surface area contributed by atoms with Crippen molar-refractivity contribution in [3.8, 4) is 0 Å². The predicted octanol–water partition coefficient (Wildman–Crippen LogP) is 2.74. The highest BCUT2D eigenvalue weighted by Crippen LogP contribution is 2.13. The van der Waals surface area contributed by atoms with Crippen molar-refractivity contribution in [2.75, 3.05) is 0 Å². The lowest BCUT2D eigenvalue weighted by Crippen LogP contribution is -2.13. The smallest absolute Gasteiger partial charge is 0.250 e. The van der Waals surface area contributed by atoms with E-state index in [9.17, 15) is 4.79 Å². The summed E-state index contributed by atoms with van der Waals surface area (Å²) in [6, 6.07) is 12.0. The van der Waals surface area contributed by atoms with Gasteiger partial charge in [0, 0.05) is 8.95 Å². The topological polar surface area (TPSA) is 29.4 Å². The third-order valence-electron chi connectivity index (χ3n) is 2.96. The standard InChI is InChI=1S/C15H9Br2NO/c16-12-3-1-2-9(5-12)4-10-6-11-7-15(19)18-14(11)8-13(10)17/h1-6,8H,7H2. The zero-order valence-electron chi connectivity index (χ0n) is 9.86. The molecule has 0 saturated carbocycles. The number of rotatable bonds is 1. The molecule has 0 unspecified atom stereocenters.